The van der Waals surface area contributed by atoms with Crippen molar-refractivity contribution in [1.82, 2.24) is 15.1 Å². The van der Waals surface area contributed by atoms with Gasteiger partial charge in [-0.2, -0.15) is 5.10 Å². The van der Waals surface area contributed by atoms with Crippen molar-refractivity contribution in [3.63, 3.8) is 0 Å². The highest BCUT2D eigenvalue weighted by Crippen LogP contribution is 2.11. The van der Waals surface area contributed by atoms with Crippen LogP contribution in [0, 0.1) is 0 Å². The first-order valence-electron chi connectivity index (χ1n) is 7.33. The number of rotatable bonds is 7. The first-order chi connectivity index (χ1) is 8.99. The molecule has 1 unspecified atom stereocenters. The van der Waals surface area contributed by atoms with Gasteiger partial charge in [0.15, 0.2) is 0 Å². The summed E-state index contributed by atoms with van der Waals surface area (Å²) < 4.78 is 1.61. The van der Waals surface area contributed by atoms with Gasteiger partial charge in [-0.3, -0.25) is 4.79 Å². The third-order valence-corrected chi connectivity index (χ3v) is 3.35. The van der Waals surface area contributed by atoms with E-state index in [9.17, 15) is 4.79 Å². The van der Waals surface area contributed by atoms with Gasteiger partial charge in [-0.15, -0.1) is 0 Å². The van der Waals surface area contributed by atoms with Crippen molar-refractivity contribution in [1.29, 1.82) is 0 Å². The van der Waals surface area contributed by atoms with E-state index in [1.54, 1.807) is 4.68 Å². The van der Waals surface area contributed by atoms with E-state index in [1.165, 1.54) is 0 Å². The fourth-order valence-electron chi connectivity index (χ4n) is 1.82. The van der Waals surface area contributed by atoms with Crippen LogP contribution in [0.4, 0.5) is 0 Å². The third kappa shape index (κ3) is 4.46. The highest BCUT2D eigenvalue weighted by molar-refractivity contribution is 5.16. The van der Waals surface area contributed by atoms with Gasteiger partial charge in [-0.1, -0.05) is 27.7 Å². The molecule has 4 nitrogen and oxygen atoms in total. The summed E-state index contributed by atoms with van der Waals surface area (Å²) in [4.78, 5) is 12.3. The third-order valence-electron chi connectivity index (χ3n) is 3.35. The summed E-state index contributed by atoms with van der Waals surface area (Å²) >= 11 is 0. The summed E-state index contributed by atoms with van der Waals surface area (Å²) in [6.45, 7) is 11.9. The average Bonchev–Trinajstić information content (AvgIpc) is 2.39. The molecule has 0 saturated heterocycles. The van der Waals surface area contributed by atoms with Crippen LogP contribution in [0.15, 0.2) is 10.9 Å². The Bertz CT molecular complexity index is 451. The maximum absolute atomic E-state index is 12.3. The maximum atomic E-state index is 12.3. The molecular weight excluding hydrogens is 238 g/mol. The Morgan fingerprint density at radius 3 is 2.53 bits per heavy atom. The molecule has 0 aliphatic heterocycles. The highest BCUT2D eigenvalue weighted by Gasteiger charge is 2.11. The SMILES string of the molecule is CCCn1nc(C(C)C)cc(CNC(C)CC)c1=O. The van der Waals surface area contributed by atoms with Crippen molar-refractivity contribution in [3.8, 4) is 0 Å². The van der Waals surface area contributed by atoms with Gasteiger partial charge in [-0.05, 0) is 31.7 Å². The van der Waals surface area contributed by atoms with E-state index in [0.29, 0.717) is 25.0 Å². The molecule has 0 radical (unpaired) electrons. The Balaban J connectivity index is 3.03. The Morgan fingerprint density at radius 1 is 1.32 bits per heavy atom. The second kappa shape index (κ2) is 7.43. The van der Waals surface area contributed by atoms with E-state index >= 15 is 0 Å². The summed E-state index contributed by atoms with van der Waals surface area (Å²) in [6, 6.07) is 2.38. The number of hydrogen-bond donors (Lipinski definition) is 1. The predicted octanol–water partition coefficient (Wildman–Crippen LogP) is 2.66. The first-order valence-corrected chi connectivity index (χ1v) is 7.33. The topological polar surface area (TPSA) is 46.9 Å². The van der Waals surface area contributed by atoms with Gasteiger partial charge in [0.1, 0.15) is 0 Å². The molecule has 1 aromatic rings. The number of nitrogens with one attached hydrogen (secondary N) is 1. The second-order valence-electron chi connectivity index (χ2n) is 5.47. The quantitative estimate of drug-likeness (QED) is 0.824. The largest absolute Gasteiger partial charge is 0.310 e. The number of aryl methyl sites for hydroxylation is 1. The van der Waals surface area contributed by atoms with Gasteiger partial charge < -0.3 is 5.32 Å². The lowest BCUT2D eigenvalue weighted by Gasteiger charge is -2.14. The molecule has 0 amide bonds. The highest BCUT2D eigenvalue weighted by atomic mass is 16.1. The molecule has 0 aromatic carbocycles. The predicted molar refractivity (Wildman–Crippen MR) is 79.5 cm³/mol. The van der Waals surface area contributed by atoms with Crippen LogP contribution in [0.2, 0.25) is 0 Å². The van der Waals surface area contributed by atoms with Gasteiger partial charge in [0, 0.05) is 24.7 Å². The van der Waals surface area contributed by atoms with Crippen molar-refractivity contribution in [2.75, 3.05) is 0 Å². The van der Waals surface area contributed by atoms with Crippen molar-refractivity contribution in [3.05, 3.63) is 27.7 Å². The smallest absolute Gasteiger partial charge is 0.271 e. The van der Waals surface area contributed by atoms with Crippen LogP contribution in [0.5, 0.6) is 0 Å². The standard InChI is InChI=1S/C15H27N3O/c1-6-8-18-15(19)13(10-16-12(5)7-2)9-14(17-18)11(3)4/h9,11-12,16H,6-8,10H2,1-5H3. The lowest BCUT2D eigenvalue weighted by atomic mass is 10.1. The van der Waals surface area contributed by atoms with Crippen LogP contribution in [0.1, 0.15) is 64.6 Å². The van der Waals surface area contributed by atoms with E-state index < -0.39 is 0 Å². The molecule has 1 aromatic heterocycles. The number of hydrogen-bond acceptors (Lipinski definition) is 3. The molecule has 0 aliphatic rings. The minimum atomic E-state index is 0.0436. The zero-order valence-electron chi connectivity index (χ0n) is 12.9. The van der Waals surface area contributed by atoms with Crippen LogP contribution in [-0.2, 0) is 13.1 Å². The monoisotopic (exact) mass is 265 g/mol. The lowest BCUT2D eigenvalue weighted by Crippen LogP contribution is -2.33. The van der Waals surface area contributed by atoms with E-state index in [1.807, 2.05) is 6.07 Å². The molecule has 0 saturated carbocycles. The van der Waals surface area contributed by atoms with E-state index in [4.69, 9.17) is 0 Å². The molecule has 1 N–H and O–H groups in total. The van der Waals surface area contributed by atoms with E-state index in [-0.39, 0.29) is 5.56 Å². The van der Waals surface area contributed by atoms with E-state index in [0.717, 1.165) is 24.1 Å². The second-order valence-corrected chi connectivity index (χ2v) is 5.47. The average molecular weight is 265 g/mol. The molecule has 4 heteroatoms. The fraction of sp³-hybridized carbons (Fsp3) is 0.733. The zero-order chi connectivity index (χ0) is 14.4. The number of nitrogens with zero attached hydrogens (tertiary/aromatic N) is 2. The number of aromatic nitrogens is 2. The molecule has 0 aliphatic carbocycles. The van der Waals surface area contributed by atoms with Gasteiger partial charge in [0.05, 0.1) is 5.69 Å². The summed E-state index contributed by atoms with van der Waals surface area (Å²) in [7, 11) is 0. The summed E-state index contributed by atoms with van der Waals surface area (Å²) in [5.74, 6) is 0.339. The van der Waals surface area contributed by atoms with Gasteiger partial charge in [-0.25, -0.2) is 4.68 Å². The molecule has 1 heterocycles. The Hall–Kier alpha value is -1.16. The van der Waals surface area contributed by atoms with Crippen LogP contribution in [0.3, 0.4) is 0 Å². The summed E-state index contributed by atoms with van der Waals surface area (Å²) in [5.41, 5.74) is 1.86. The minimum absolute atomic E-state index is 0.0436. The van der Waals surface area contributed by atoms with Crippen molar-refractivity contribution >= 4 is 0 Å². The lowest BCUT2D eigenvalue weighted by molar-refractivity contribution is 0.509. The van der Waals surface area contributed by atoms with Crippen LogP contribution < -0.4 is 10.9 Å². The van der Waals surface area contributed by atoms with E-state index in [2.05, 4.69) is 45.0 Å². The molecule has 1 atom stereocenters. The molecule has 0 spiro atoms. The normalized spacial score (nSPS) is 12.9. The molecular formula is C15H27N3O. The van der Waals surface area contributed by atoms with Crippen molar-refractivity contribution < 1.29 is 0 Å². The Morgan fingerprint density at radius 2 is 2.00 bits per heavy atom. The van der Waals surface area contributed by atoms with Crippen LogP contribution in [0.25, 0.3) is 0 Å². The zero-order valence-corrected chi connectivity index (χ0v) is 12.9. The van der Waals surface area contributed by atoms with Crippen molar-refractivity contribution in [2.24, 2.45) is 0 Å². The molecule has 0 fully saturated rings. The maximum Gasteiger partial charge on any atom is 0.271 e. The molecule has 108 valence electrons. The summed E-state index contributed by atoms with van der Waals surface area (Å²) in [6.07, 6.45) is 1.98. The van der Waals surface area contributed by atoms with Crippen molar-refractivity contribution in [2.45, 2.75) is 72.5 Å². The van der Waals surface area contributed by atoms with Gasteiger partial charge in [0.2, 0.25) is 0 Å². The molecule has 1 rings (SSSR count). The van der Waals surface area contributed by atoms with Crippen LogP contribution in [-0.4, -0.2) is 15.8 Å². The van der Waals surface area contributed by atoms with Crippen LogP contribution >= 0.6 is 0 Å². The first kappa shape index (κ1) is 15.9. The Kier molecular flexibility index (Phi) is 6.22. The summed E-state index contributed by atoms with van der Waals surface area (Å²) in [5, 5.41) is 7.83. The molecule has 19 heavy (non-hydrogen) atoms. The fourth-order valence-corrected chi connectivity index (χ4v) is 1.82. The Labute approximate surface area is 116 Å². The van der Waals surface area contributed by atoms with Gasteiger partial charge >= 0.3 is 0 Å². The van der Waals surface area contributed by atoms with Gasteiger partial charge in [0.25, 0.3) is 5.56 Å². The molecule has 0 bridgehead atoms. The minimum Gasteiger partial charge on any atom is -0.310 e.